The molecule has 0 aliphatic carbocycles. The summed E-state index contributed by atoms with van der Waals surface area (Å²) in [6, 6.07) is 9.69. The number of methoxy groups -OCH3 is 2. The minimum Gasteiger partial charge on any atom is -0.383 e. The van der Waals surface area contributed by atoms with Gasteiger partial charge in [0.2, 0.25) is 10.0 Å². The van der Waals surface area contributed by atoms with Gasteiger partial charge in [0.1, 0.15) is 0 Å². The van der Waals surface area contributed by atoms with E-state index in [1.165, 1.54) is 54.1 Å². The number of ether oxygens (including phenoxy) is 2. The maximum atomic E-state index is 13.6. The van der Waals surface area contributed by atoms with Crippen molar-refractivity contribution < 1.29 is 22.7 Å². The number of rotatable bonds is 13. The van der Waals surface area contributed by atoms with Gasteiger partial charge in [0.05, 0.1) is 28.3 Å². The lowest BCUT2D eigenvalue weighted by atomic mass is 10.2. The van der Waals surface area contributed by atoms with E-state index in [-0.39, 0.29) is 37.1 Å². The fraction of sp³-hybridized carbons (Fsp3) is 0.440. The summed E-state index contributed by atoms with van der Waals surface area (Å²) in [5.41, 5.74) is 2.11. The molecule has 0 unspecified atom stereocenters. The molecular formula is C25H33ClN4O5S2. The normalized spacial score (nSPS) is 12.1. The zero-order chi connectivity index (χ0) is 27.2. The molecule has 0 aliphatic rings. The Kier molecular flexibility index (Phi) is 10.4. The van der Waals surface area contributed by atoms with Crippen LogP contribution in [0.2, 0.25) is 5.02 Å². The largest absolute Gasteiger partial charge is 0.383 e. The number of nitrogens with zero attached hydrogens (tertiary/aromatic N) is 4. The molecule has 3 aromatic rings. The van der Waals surface area contributed by atoms with Crippen molar-refractivity contribution in [3.05, 3.63) is 52.5 Å². The molecule has 0 bridgehead atoms. The Hall–Kier alpha value is -2.12. The van der Waals surface area contributed by atoms with E-state index in [2.05, 4.69) is 0 Å². The fourth-order valence-electron chi connectivity index (χ4n) is 3.65. The van der Waals surface area contributed by atoms with Crippen molar-refractivity contribution in [2.75, 3.05) is 72.6 Å². The molecule has 2 aromatic carbocycles. The number of likely N-dealkylation sites (N-methyl/N-ethyl adjacent to an activating group) is 1. The van der Waals surface area contributed by atoms with E-state index < -0.39 is 10.0 Å². The molecule has 0 radical (unpaired) electrons. The van der Waals surface area contributed by atoms with Gasteiger partial charge < -0.3 is 14.4 Å². The van der Waals surface area contributed by atoms with Crippen LogP contribution in [0.5, 0.6) is 0 Å². The third-order valence-corrected chi connectivity index (χ3v) is 8.87. The molecule has 37 heavy (non-hydrogen) atoms. The third kappa shape index (κ3) is 7.26. The summed E-state index contributed by atoms with van der Waals surface area (Å²) in [6.45, 7) is 3.89. The standard InChI is InChI=1S/C25H33ClN4O5S2/c1-18-16-20(26)17-22-23(18)27-25(36-22)30(11-10-28(2)3)24(31)19-6-8-21(9-7-19)37(32,33)29(12-14-34-4)13-15-35-5/h6-9,16-17H,10-15H2,1-5H3. The van der Waals surface area contributed by atoms with Gasteiger partial charge in [-0.3, -0.25) is 9.69 Å². The highest BCUT2D eigenvalue weighted by molar-refractivity contribution is 7.89. The average Bonchev–Trinajstić information content (AvgIpc) is 3.28. The molecule has 0 aliphatic heterocycles. The summed E-state index contributed by atoms with van der Waals surface area (Å²) in [7, 11) is 3.12. The van der Waals surface area contributed by atoms with E-state index in [9.17, 15) is 13.2 Å². The van der Waals surface area contributed by atoms with Gasteiger partial charge in [-0.25, -0.2) is 13.4 Å². The molecule has 1 amide bonds. The number of amides is 1. The lowest BCUT2D eigenvalue weighted by molar-refractivity contribution is 0.0985. The van der Waals surface area contributed by atoms with Gasteiger partial charge >= 0.3 is 0 Å². The first kappa shape index (κ1) is 29.4. The molecular weight excluding hydrogens is 536 g/mol. The molecule has 1 heterocycles. The average molecular weight is 569 g/mol. The van der Waals surface area contributed by atoms with Gasteiger partial charge in [0.25, 0.3) is 5.91 Å². The van der Waals surface area contributed by atoms with Crippen molar-refractivity contribution in [2.24, 2.45) is 0 Å². The molecule has 9 nitrogen and oxygen atoms in total. The summed E-state index contributed by atoms with van der Waals surface area (Å²) in [4.78, 5) is 22.1. The quantitative estimate of drug-likeness (QED) is 0.310. The Balaban J connectivity index is 1.91. The Morgan fingerprint density at radius 2 is 1.62 bits per heavy atom. The van der Waals surface area contributed by atoms with Crippen LogP contribution in [-0.4, -0.2) is 96.2 Å². The number of fused-ring (bicyclic) bond motifs is 1. The van der Waals surface area contributed by atoms with Crippen LogP contribution in [0.4, 0.5) is 5.13 Å². The summed E-state index contributed by atoms with van der Waals surface area (Å²) >= 11 is 7.63. The van der Waals surface area contributed by atoms with E-state index in [0.717, 1.165) is 15.8 Å². The van der Waals surface area contributed by atoms with Crippen LogP contribution in [0.25, 0.3) is 10.2 Å². The summed E-state index contributed by atoms with van der Waals surface area (Å²) in [5, 5.41) is 1.18. The molecule has 0 atom stereocenters. The van der Waals surface area contributed by atoms with Crippen LogP contribution in [0.1, 0.15) is 15.9 Å². The molecule has 12 heteroatoms. The Morgan fingerprint density at radius 3 is 2.19 bits per heavy atom. The lowest BCUT2D eigenvalue weighted by Crippen LogP contribution is -2.37. The zero-order valence-corrected chi connectivity index (χ0v) is 24.1. The number of halogens is 1. The van der Waals surface area contributed by atoms with Crippen molar-refractivity contribution in [3.8, 4) is 0 Å². The molecule has 0 N–H and O–H groups in total. The minimum absolute atomic E-state index is 0.0985. The molecule has 202 valence electrons. The SMILES string of the molecule is COCCN(CCOC)S(=O)(=O)c1ccc(C(=O)N(CCN(C)C)c2nc3c(C)cc(Cl)cc3s2)cc1. The first-order chi connectivity index (χ1) is 17.6. The number of anilines is 1. The highest BCUT2D eigenvalue weighted by atomic mass is 35.5. The van der Waals surface area contributed by atoms with Crippen molar-refractivity contribution in [3.63, 3.8) is 0 Å². The summed E-state index contributed by atoms with van der Waals surface area (Å²) in [6.07, 6.45) is 0. The van der Waals surface area contributed by atoms with Crippen LogP contribution in [-0.2, 0) is 19.5 Å². The van der Waals surface area contributed by atoms with Crippen LogP contribution >= 0.6 is 22.9 Å². The van der Waals surface area contributed by atoms with E-state index in [0.29, 0.717) is 28.8 Å². The van der Waals surface area contributed by atoms with E-state index in [1.54, 1.807) is 4.90 Å². The number of carbonyl (C=O) groups excluding carboxylic acids is 1. The van der Waals surface area contributed by atoms with E-state index in [4.69, 9.17) is 26.1 Å². The van der Waals surface area contributed by atoms with E-state index >= 15 is 0 Å². The number of thiazole rings is 1. The van der Waals surface area contributed by atoms with E-state index in [1.807, 2.05) is 38.1 Å². The minimum atomic E-state index is -3.79. The number of aromatic nitrogens is 1. The topological polar surface area (TPSA) is 92.3 Å². The predicted octanol–water partition coefficient (Wildman–Crippen LogP) is 3.75. The van der Waals surface area contributed by atoms with Gasteiger partial charge in [-0.15, -0.1) is 0 Å². The number of hydrogen-bond acceptors (Lipinski definition) is 8. The second kappa shape index (κ2) is 13.1. The smallest absolute Gasteiger partial charge is 0.260 e. The fourth-order valence-corrected chi connectivity index (χ4v) is 6.51. The zero-order valence-electron chi connectivity index (χ0n) is 21.7. The first-order valence-electron chi connectivity index (χ1n) is 11.7. The van der Waals surface area contributed by atoms with Crippen LogP contribution in [0.15, 0.2) is 41.3 Å². The highest BCUT2D eigenvalue weighted by Crippen LogP contribution is 2.33. The van der Waals surface area contributed by atoms with Crippen LogP contribution in [0.3, 0.4) is 0 Å². The molecule has 3 rings (SSSR count). The Morgan fingerprint density at radius 1 is 1.00 bits per heavy atom. The number of carbonyl (C=O) groups is 1. The van der Waals surface area contributed by atoms with Crippen molar-refractivity contribution in [1.82, 2.24) is 14.2 Å². The summed E-state index contributed by atoms with van der Waals surface area (Å²) in [5.74, 6) is -0.260. The Labute approximate surface area is 227 Å². The van der Waals surface area contributed by atoms with Gasteiger partial charge in [0.15, 0.2) is 5.13 Å². The van der Waals surface area contributed by atoms with Gasteiger partial charge in [-0.1, -0.05) is 22.9 Å². The number of hydrogen-bond donors (Lipinski definition) is 0. The second-order valence-corrected chi connectivity index (χ2v) is 12.1. The Bertz CT molecular complexity index is 1300. The number of aryl methyl sites for hydroxylation is 1. The maximum Gasteiger partial charge on any atom is 0.260 e. The maximum absolute atomic E-state index is 13.6. The highest BCUT2D eigenvalue weighted by Gasteiger charge is 2.26. The lowest BCUT2D eigenvalue weighted by Gasteiger charge is -2.23. The van der Waals surface area contributed by atoms with Crippen molar-refractivity contribution >= 4 is 54.2 Å². The second-order valence-electron chi connectivity index (χ2n) is 8.74. The molecule has 0 saturated heterocycles. The molecule has 1 aromatic heterocycles. The monoisotopic (exact) mass is 568 g/mol. The van der Waals surface area contributed by atoms with Gasteiger partial charge in [-0.2, -0.15) is 4.31 Å². The molecule has 0 fully saturated rings. The molecule has 0 spiro atoms. The van der Waals surface area contributed by atoms with Crippen molar-refractivity contribution in [1.29, 1.82) is 0 Å². The first-order valence-corrected chi connectivity index (χ1v) is 14.3. The van der Waals surface area contributed by atoms with Crippen LogP contribution in [0, 0.1) is 6.92 Å². The van der Waals surface area contributed by atoms with Crippen LogP contribution < -0.4 is 4.90 Å². The third-order valence-electron chi connectivity index (χ3n) is 5.71. The number of benzene rings is 2. The molecule has 0 saturated carbocycles. The predicted molar refractivity (Wildman–Crippen MR) is 149 cm³/mol. The van der Waals surface area contributed by atoms with Gasteiger partial charge in [-0.05, 0) is 63.0 Å². The number of sulfonamides is 1. The van der Waals surface area contributed by atoms with Crippen molar-refractivity contribution in [2.45, 2.75) is 11.8 Å². The summed E-state index contributed by atoms with van der Waals surface area (Å²) < 4.78 is 38.8. The van der Waals surface area contributed by atoms with Gasteiger partial charge in [0, 0.05) is 51.0 Å².